The summed E-state index contributed by atoms with van der Waals surface area (Å²) in [5.74, 6) is 3.95. The number of H-pyrrole nitrogens is 1. The normalized spacial score (nSPS) is 11.5. The molecule has 0 unspecified atom stereocenters. The van der Waals surface area contributed by atoms with Crippen LogP contribution < -0.4 is 14.2 Å². The van der Waals surface area contributed by atoms with Crippen molar-refractivity contribution >= 4 is 11.0 Å². The number of hydrogen-bond donors (Lipinski definition) is 1. The van der Waals surface area contributed by atoms with Gasteiger partial charge in [0.25, 0.3) is 0 Å². The fourth-order valence-electron chi connectivity index (χ4n) is 4.91. The third-order valence-corrected chi connectivity index (χ3v) is 7.43. The van der Waals surface area contributed by atoms with Gasteiger partial charge in [-0.3, -0.25) is 0 Å². The van der Waals surface area contributed by atoms with Gasteiger partial charge in [0, 0.05) is 30.8 Å². The summed E-state index contributed by atoms with van der Waals surface area (Å²) in [5.41, 5.74) is 3.87. The maximum atomic E-state index is 6.31. The van der Waals surface area contributed by atoms with Crippen molar-refractivity contribution in [3.63, 3.8) is 0 Å². The molecular formula is C34H46N4O3. The van der Waals surface area contributed by atoms with Crippen LogP contribution in [0.5, 0.6) is 23.0 Å². The number of ether oxygens (including phenoxy) is 3. The predicted molar refractivity (Wildman–Crippen MR) is 169 cm³/mol. The third-order valence-electron chi connectivity index (χ3n) is 7.43. The molecule has 0 bridgehead atoms. The monoisotopic (exact) mass is 558 g/mol. The van der Waals surface area contributed by atoms with Gasteiger partial charge in [0.15, 0.2) is 5.75 Å². The lowest BCUT2D eigenvalue weighted by Gasteiger charge is -2.18. The van der Waals surface area contributed by atoms with Crippen LogP contribution in [0.3, 0.4) is 0 Å². The molecular weight excluding hydrogens is 512 g/mol. The maximum Gasteiger partial charge on any atom is 0.150 e. The maximum absolute atomic E-state index is 6.31. The standard InChI is InChI=1S/C34H46N4O3/c1-6-37(7-2)19-11-21-39-30-24-31-33(32(25-30)40-22-12-20-38(8-3)9-4)36-34(35-31)27-15-17-28(18-16-27)41-29-14-10-13-26(5)23-29/h10,13-18,23-25H,6-9,11-12,19-22H2,1-5H3,(H,35,36). The molecule has 1 aromatic heterocycles. The summed E-state index contributed by atoms with van der Waals surface area (Å²) in [5, 5.41) is 0. The zero-order chi connectivity index (χ0) is 29.0. The number of nitrogens with one attached hydrogen (secondary N) is 1. The van der Waals surface area contributed by atoms with Crippen LogP contribution in [0.4, 0.5) is 0 Å². The smallest absolute Gasteiger partial charge is 0.150 e. The summed E-state index contributed by atoms with van der Waals surface area (Å²) in [6.45, 7) is 18.4. The molecule has 0 aliphatic carbocycles. The minimum atomic E-state index is 0.629. The van der Waals surface area contributed by atoms with Crippen molar-refractivity contribution in [3.05, 3.63) is 66.2 Å². The van der Waals surface area contributed by atoms with Gasteiger partial charge in [-0.15, -0.1) is 0 Å². The number of aromatic amines is 1. The van der Waals surface area contributed by atoms with Gasteiger partial charge in [-0.05, 0) is 87.9 Å². The van der Waals surface area contributed by atoms with E-state index in [0.29, 0.717) is 13.2 Å². The Balaban J connectivity index is 1.50. The summed E-state index contributed by atoms with van der Waals surface area (Å²) in [4.78, 5) is 13.3. The van der Waals surface area contributed by atoms with Crippen molar-refractivity contribution in [2.24, 2.45) is 0 Å². The van der Waals surface area contributed by atoms with E-state index in [-0.39, 0.29) is 0 Å². The van der Waals surface area contributed by atoms with E-state index in [1.165, 1.54) is 5.56 Å². The molecule has 0 spiro atoms. The number of hydrogen-bond acceptors (Lipinski definition) is 6. The quantitative estimate of drug-likeness (QED) is 0.135. The second-order valence-electron chi connectivity index (χ2n) is 10.3. The van der Waals surface area contributed by atoms with Gasteiger partial charge in [-0.1, -0.05) is 39.8 Å². The van der Waals surface area contributed by atoms with Crippen LogP contribution >= 0.6 is 0 Å². The fraction of sp³-hybridized carbons (Fsp3) is 0.441. The zero-order valence-electron chi connectivity index (χ0n) is 25.4. The van der Waals surface area contributed by atoms with Gasteiger partial charge in [0.2, 0.25) is 0 Å². The van der Waals surface area contributed by atoms with Crippen LogP contribution in [0.15, 0.2) is 60.7 Å². The van der Waals surface area contributed by atoms with Gasteiger partial charge < -0.3 is 29.0 Å². The molecule has 0 saturated carbocycles. The van der Waals surface area contributed by atoms with Crippen molar-refractivity contribution in [2.45, 2.75) is 47.5 Å². The molecule has 7 nitrogen and oxygen atoms in total. The summed E-state index contributed by atoms with van der Waals surface area (Å²) in [6.07, 6.45) is 1.93. The van der Waals surface area contributed by atoms with Gasteiger partial charge in [0.1, 0.15) is 28.6 Å². The number of benzene rings is 3. The number of rotatable bonds is 17. The van der Waals surface area contributed by atoms with Crippen molar-refractivity contribution in [2.75, 3.05) is 52.5 Å². The summed E-state index contributed by atoms with van der Waals surface area (Å²) < 4.78 is 18.5. The molecule has 7 heteroatoms. The highest BCUT2D eigenvalue weighted by Gasteiger charge is 2.14. The predicted octanol–water partition coefficient (Wildman–Crippen LogP) is 7.55. The summed E-state index contributed by atoms with van der Waals surface area (Å²) >= 11 is 0. The molecule has 0 aliphatic heterocycles. The Labute approximate surface area is 245 Å². The molecule has 41 heavy (non-hydrogen) atoms. The molecule has 0 aliphatic rings. The SMILES string of the molecule is CCN(CC)CCCOc1cc(OCCCN(CC)CC)c2nc(-c3ccc(Oc4cccc(C)c4)cc3)[nH]c2c1. The molecule has 1 heterocycles. The first kappa shape index (κ1) is 30.4. The largest absolute Gasteiger partial charge is 0.493 e. The zero-order valence-corrected chi connectivity index (χ0v) is 25.4. The Bertz CT molecular complexity index is 1340. The molecule has 4 aromatic rings. The van der Waals surface area contributed by atoms with E-state index >= 15 is 0 Å². The molecule has 0 atom stereocenters. The molecule has 0 fully saturated rings. The highest BCUT2D eigenvalue weighted by atomic mass is 16.5. The third kappa shape index (κ3) is 8.72. The number of nitrogens with zero attached hydrogens (tertiary/aromatic N) is 3. The Morgan fingerprint density at radius 2 is 1.37 bits per heavy atom. The van der Waals surface area contributed by atoms with Crippen molar-refractivity contribution in [3.8, 4) is 34.4 Å². The average molecular weight is 559 g/mol. The number of imidazole rings is 1. The highest BCUT2D eigenvalue weighted by molar-refractivity contribution is 5.86. The second kappa shape index (κ2) is 15.5. The van der Waals surface area contributed by atoms with Crippen LogP contribution in [0.1, 0.15) is 46.1 Å². The van der Waals surface area contributed by atoms with Crippen molar-refractivity contribution in [1.29, 1.82) is 0 Å². The highest BCUT2D eigenvalue weighted by Crippen LogP contribution is 2.33. The van der Waals surface area contributed by atoms with Crippen LogP contribution in [-0.4, -0.2) is 72.3 Å². The van der Waals surface area contributed by atoms with Gasteiger partial charge in [0.05, 0.1) is 18.7 Å². The number of aromatic nitrogens is 2. The Morgan fingerprint density at radius 3 is 2.00 bits per heavy atom. The first-order valence-corrected chi connectivity index (χ1v) is 15.1. The van der Waals surface area contributed by atoms with E-state index in [4.69, 9.17) is 19.2 Å². The Kier molecular flexibility index (Phi) is 11.5. The van der Waals surface area contributed by atoms with Crippen molar-refractivity contribution in [1.82, 2.24) is 19.8 Å². The Hall–Kier alpha value is -3.55. The van der Waals surface area contributed by atoms with Crippen molar-refractivity contribution < 1.29 is 14.2 Å². The van der Waals surface area contributed by atoms with Crippen LogP contribution in [-0.2, 0) is 0 Å². The Morgan fingerprint density at radius 1 is 0.707 bits per heavy atom. The van der Waals surface area contributed by atoms with Crippen LogP contribution in [0, 0.1) is 6.92 Å². The minimum absolute atomic E-state index is 0.629. The van der Waals surface area contributed by atoms with Gasteiger partial charge in [-0.2, -0.15) is 0 Å². The molecule has 0 amide bonds. The topological polar surface area (TPSA) is 62.9 Å². The summed E-state index contributed by atoms with van der Waals surface area (Å²) in [7, 11) is 0. The van der Waals surface area contributed by atoms with E-state index in [1.54, 1.807) is 0 Å². The fourth-order valence-corrected chi connectivity index (χ4v) is 4.91. The van der Waals surface area contributed by atoms with Crippen LogP contribution in [0.25, 0.3) is 22.4 Å². The lowest BCUT2D eigenvalue weighted by atomic mass is 10.2. The van der Waals surface area contributed by atoms with Gasteiger partial charge >= 0.3 is 0 Å². The molecule has 220 valence electrons. The van der Waals surface area contributed by atoms with Crippen LogP contribution in [0.2, 0.25) is 0 Å². The lowest BCUT2D eigenvalue weighted by molar-refractivity contribution is 0.243. The molecule has 4 rings (SSSR count). The molecule has 3 aromatic carbocycles. The summed E-state index contributed by atoms with van der Waals surface area (Å²) in [6, 6.07) is 20.1. The first-order chi connectivity index (χ1) is 20.0. The second-order valence-corrected chi connectivity index (χ2v) is 10.3. The van der Waals surface area contributed by atoms with E-state index < -0.39 is 0 Å². The number of aryl methyl sites for hydroxylation is 1. The molecule has 0 saturated heterocycles. The lowest BCUT2D eigenvalue weighted by Crippen LogP contribution is -2.25. The van der Waals surface area contributed by atoms with E-state index in [1.807, 2.05) is 54.6 Å². The van der Waals surface area contributed by atoms with E-state index in [2.05, 4.69) is 55.5 Å². The minimum Gasteiger partial charge on any atom is -0.493 e. The first-order valence-electron chi connectivity index (χ1n) is 15.1. The molecule has 1 N–H and O–H groups in total. The van der Waals surface area contributed by atoms with Gasteiger partial charge in [-0.25, -0.2) is 4.98 Å². The molecule has 0 radical (unpaired) electrons. The number of fused-ring (bicyclic) bond motifs is 1. The van der Waals surface area contributed by atoms with E-state index in [9.17, 15) is 0 Å². The average Bonchev–Trinajstić information content (AvgIpc) is 3.42. The van der Waals surface area contributed by atoms with E-state index in [0.717, 1.165) is 97.5 Å².